The van der Waals surface area contributed by atoms with Crippen molar-refractivity contribution in [2.45, 2.75) is 4.83 Å². The van der Waals surface area contributed by atoms with E-state index in [1.807, 2.05) is 6.07 Å². The fourth-order valence-corrected chi connectivity index (χ4v) is 2.60. The minimum Gasteiger partial charge on any atom is -0.207 e. The average molecular weight is 362 g/mol. The van der Waals surface area contributed by atoms with Crippen LogP contribution in [0.4, 0.5) is 8.78 Å². The third kappa shape index (κ3) is 3.13. The molecule has 0 saturated heterocycles. The SMILES string of the molecule is Fc1ccc(C(Br)c2cc(F)cc(Br)c2)cc1. The first-order valence-electron chi connectivity index (χ1n) is 4.92. The second-order valence-electron chi connectivity index (χ2n) is 3.62. The van der Waals surface area contributed by atoms with Crippen LogP contribution in [0.2, 0.25) is 0 Å². The summed E-state index contributed by atoms with van der Waals surface area (Å²) in [6.07, 6.45) is 0. The molecule has 0 fully saturated rings. The molecule has 88 valence electrons. The van der Waals surface area contributed by atoms with Gasteiger partial charge in [0.15, 0.2) is 0 Å². The average Bonchev–Trinajstić information content (AvgIpc) is 2.28. The zero-order chi connectivity index (χ0) is 12.4. The summed E-state index contributed by atoms with van der Waals surface area (Å²) in [6.45, 7) is 0. The third-order valence-corrected chi connectivity index (χ3v) is 3.86. The highest BCUT2D eigenvalue weighted by molar-refractivity contribution is 9.10. The first kappa shape index (κ1) is 12.7. The highest BCUT2D eigenvalue weighted by atomic mass is 79.9. The van der Waals surface area contributed by atoms with E-state index < -0.39 is 0 Å². The Morgan fingerprint density at radius 1 is 0.824 bits per heavy atom. The van der Waals surface area contributed by atoms with E-state index in [2.05, 4.69) is 31.9 Å². The molecule has 1 unspecified atom stereocenters. The molecule has 0 aliphatic carbocycles. The minimum absolute atomic E-state index is 0.157. The summed E-state index contributed by atoms with van der Waals surface area (Å²) < 4.78 is 26.7. The van der Waals surface area contributed by atoms with Crippen LogP contribution in [0.25, 0.3) is 0 Å². The van der Waals surface area contributed by atoms with Crippen molar-refractivity contribution >= 4 is 31.9 Å². The monoisotopic (exact) mass is 360 g/mol. The molecule has 0 nitrogen and oxygen atoms in total. The van der Waals surface area contributed by atoms with Crippen LogP contribution in [-0.2, 0) is 0 Å². The van der Waals surface area contributed by atoms with E-state index in [0.29, 0.717) is 4.47 Å². The lowest BCUT2D eigenvalue weighted by atomic mass is 10.0. The smallest absolute Gasteiger partial charge is 0.124 e. The molecule has 0 bridgehead atoms. The van der Waals surface area contributed by atoms with Gasteiger partial charge >= 0.3 is 0 Å². The van der Waals surface area contributed by atoms with Crippen molar-refractivity contribution in [1.29, 1.82) is 0 Å². The Bertz CT molecular complexity index is 503. The van der Waals surface area contributed by atoms with Crippen LogP contribution >= 0.6 is 31.9 Å². The lowest BCUT2D eigenvalue weighted by Gasteiger charge is -2.11. The Hall–Kier alpha value is -0.740. The van der Waals surface area contributed by atoms with Crippen molar-refractivity contribution in [3.05, 3.63) is 69.7 Å². The molecule has 2 aromatic carbocycles. The van der Waals surface area contributed by atoms with Crippen LogP contribution in [0.15, 0.2) is 46.9 Å². The number of hydrogen-bond acceptors (Lipinski definition) is 0. The standard InChI is InChI=1S/C13H8Br2F2/c14-10-5-9(6-12(17)7-10)13(15)8-1-3-11(16)4-2-8/h1-7,13H. The first-order valence-corrected chi connectivity index (χ1v) is 6.62. The predicted octanol–water partition coefficient (Wildman–Crippen LogP) is 5.21. The summed E-state index contributed by atoms with van der Waals surface area (Å²) in [4.78, 5) is -0.157. The van der Waals surface area contributed by atoms with Gasteiger partial charge in [-0.05, 0) is 41.5 Å². The van der Waals surface area contributed by atoms with Crippen molar-refractivity contribution in [3.8, 4) is 0 Å². The summed E-state index contributed by atoms with van der Waals surface area (Å²) in [5, 5.41) is 0. The van der Waals surface area contributed by atoms with Gasteiger partial charge in [0.25, 0.3) is 0 Å². The van der Waals surface area contributed by atoms with E-state index in [1.54, 1.807) is 12.1 Å². The van der Waals surface area contributed by atoms with Crippen LogP contribution in [0, 0.1) is 11.6 Å². The van der Waals surface area contributed by atoms with E-state index in [1.165, 1.54) is 24.3 Å². The van der Waals surface area contributed by atoms with Gasteiger partial charge in [-0.2, -0.15) is 0 Å². The summed E-state index contributed by atoms with van der Waals surface area (Å²) in [5.74, 6) is -0.588. The number of halogens is 4. The predicted molar refractivity (Wildman–Crippen MR) is 71.3 cm³/mol. The Morgan fingerprint density at radius 2 is 1.47 bits per heavy atom. The summed E-state index contributed by atoms with van der Waals surface area (Å²) in [6, 6.07) is 10.8. The molecule has 4 heteroatoms. The highest BCUT2D eigenvalue weighted by Crippen LogP contribution is 2.32. The maximum Gasteiger partial charge on any atom is 0.124 e. The van der Waals surface area contributed by atoms with Gasteiger partial charge in [0.05, 0.1) is 4.83 Å². The quantitative estimate of drug-likeness (QED) is 0.644. The van der Waals surface area contributed by atoms with Gasteiger partial charge in [-0.3, -0.25) is 0 Å². The number of alkyl halides is 1. The van der Waals surface area contributed by atoms with Crippen LogP contribution in [0.1, 0.15) is 16.0 Å². The van der Waals surface area contributed by atoms with Gasteiger partial charge < -0.3 is 0 Å². The van der Waals surface area contributed by atoms with Crippen LogP contribution in [-0.4, -0.2) is 0 Å². The summed E-state index contributed by atoms with van der Waals surface area (Å²) in [5.41, 5.74) is 1.66. The number of hydrogen-bond donors (Lipinski definition) is 0. The molecule has 0 amide bonds. The van der Waals surface area contributed by atoms with Crippen molar-refractivity contribution in [1.82, 2.24) is 0 Å². The second-order valence-corrected chi connectivity index (χ2v) is 5.45. The lowest BCUT2D eigenvalue weighted by molar-refractivity contribution is 0.624. The van der Waals surface area contributed by atoms with Gasteiger partial charge in [-0.15, -0.1) is 0 Å². The van der Waals surface area contributed by atoms with Crippen molar-refractivity contribution in [3.63, 3.8) is 0 Å². The summed E-state index contributed by atoms with van der Waals surface area (Å²) >= 11 is 6.72. The van der Waals surface area contributed by atoms with Crippen molar-refractivity contribution < 1.29 is 8.78 Å². The molecule has 0 radical (unpaired) electrons. The molecule has 17 heavy (non-hydrogen) atoms. The molecule has 0 aliphatic rings. The van der Waals surface area contributed by atoms with E-state index in [9.17, 15) is 8.78 Å². The van der Waals surface area contributed by atoms with E-state index in [0.717, 1.165) is 11.1 Å². The second kappa shape index (κ2) is 5.27. The zero-order valence-corrected chi connectivity index (χ0v) is 11.8. The van der Waals surface area contributed by atoms with Gasteiger partial charge in [0.2, 0.25) is 0 Å². The van der Waals surface area contributed by atoms with Gasteiger partial charge in [-0.1, -0.05) is 44.0 Å². The molecular formula is C13H8Br2F2. The fraction of sp³-hybridized carbons (Fsp3) is 0.0769. The Balaban J connectivity index is 2.36. The molecule has 0 aromatic heterocycles. The summed E-state index contributed by atoms with van der Waals surface area (Å²) in [7, 11) is 0. The largest absolute Gasteiger partial charge is 0.207 e. The molecule has 1 atom stereocenters. The lowest BCUT2D eigenvalue weighted by Crippen LogP contribution is -1.94. The van der Waals surface area contributed by atoms with Crippen LogP contribution in [0.3, 0.4) is 0 Å². The van der Waals surface area contributed by atoms with Crippen LogP contribution in [0.5, 0.6) is 0 Å². The normalized spacial score (nSPS) is 12.5. The maximum absolute atomic E-state index is 13.3. The zero-order valence-electron chi connectivity index (χ0n) is 8.63. The van der Waals surface area contributed by atoms with Gasteiger partial charge in [-0.25, -0.2) is 8.78 Å². The third-order valence-electron chi connectivity index (χ3n) is 2.34. The Morgan fingerprint density at radius 3 is 2.06 bits per heavy atom. The van der Waals surface area contributed by atoms with E-state index >= 15 is 0 Å². The highest BCUT2D eigenvalue weighted by Gasteiger charge is 2.12. The minimum atomic E-state index is -0.305. The Kier molecular flexibility index (Phi) is 3.94. The van der Waals surface area contributed by atoms with Crippen molar-refractivity contribution in [2.75, 3.05) is 0 Å². The molecule has 2 aromatic rings. The molecule has 2 rings (SSSR count). The van der Waals surface area contributed by atoms with Crippen molar-refractivity contribution in [2.24, 2.45) is 0 Å². The van der Waals surface area contributed by atoms with Gasteiger partial charge in [0.1, 0.15) is 11.6 Å². The molecular weight excluding hydrogens is 354 g/mol. The van der Waals surface area contributed by atoms with E-state index in [-0.39, 0.29) is 16.5 Å². The van der Waals surface area contributed by atoms with Gasteiger partial charge in [0, 0.05) is 4.47 Å². The molecule has 0 heterocycles. The Labute approximate surface area is 115 Å². The molecule has 0 aliphatic heterocycles. The maximum atomic E-state index is 13.3. The van der Waals surface area contributed by atoms with Crippen LogP contribution < -0.4 is 0 Å². The molecule has 0 N–H and O–H groups in total. The van der Waals surface area contributed by atoms with E-state index in [4.69, 9.17) is 0 Å². The fourth-order valence-electron chi connectivity index (χ4n) is 1.55. The molecule has 0 spiro atoms. The molecule has 0 saturated carbocycles. The first-order chi connectivity index (χ1) is 8.06. The number of benzene rings is 2. The topological polar surface area (TPSA) is 0 Å². The number of rotatable bonds is 2.